The monoisotopic (exact) mass is 550 g/mol. The van der Waals surface area contributed by atoms with Gasteiger partial charge in [0.15, 0.2) is 0 Å². The number of aromatic nitrogens is 3. The lowest BCUT2D eigenvalue weighted by atomic mass is 10.1. The number of nitrogens with one attached hydrogen (secondary N) is 2. The summed E-state index contributed by atoms with van der Waals surface area (Å²) in [6.07, 6.45) is -2.34. The molecule has 1 unspecified atom stereocenters. The van der Waals surface area contributed by atoms with E-state index in [1.165, 1.54) is 0 Å². The lowest BCUT2D eigenvalue weighted by molar-refractivity contribution is -0.145. The number of amides is 1. The molecule has 2 aliphatic heterocycles. The first-order valence-corrected chi connectivity index (χ1v) is 12.6. The van der Waals surface area contributed by atoms with Crippen LogP contribution in [-0.2, 0) is 10.9 Å². The van der Waals surface area contributed by atoms with Crippen LogP contribution in [-0.4, -0.2) is 78.3 Å². The molecule has 13 heteroatoms. The number of carbonyl (C=O) groups excluding carboxylic acids is 1. The lowest BCUT2D eigenvalue weighted by Crippen LogP contribution is -2.45. The van der Waals surface area contributed by atoms with Crippen LogP contribution in [0.3, 0.4) is 0 Å². The van der Waals surface area contributed by atoms with E-state index in [-0.39, 0.29) is 17.1 Å². The van der Waals surface area contributed by atoms with E-state index in [1.54, 1.807) is 24.3 Å². The molecule has 2 N–H and O–H groups in total. The first-order valence-electron chi connectivity index (χ1n) is 12.2. The Morgan fingerprint density at radius 2 is 1.92 bits per heavy atom. The molecule has 0 aliphatic carbocycles. The first kappa shape index (κ1) is 26.5. The number of hydrogen-bond acceptors (Lipinski definition) is 8. The van der Waals surface area contributed by atoms with Gasteiger partial charge >= 0.3 is 6.18 Å². The van der Waals surface area contributed by atoms with Gasteiger partial charge in [0, 0.05) is 68.1 Å². The summed E-state index contributed by atoms with van der Waals surface area (Å²) in [5.41, 5.74) is 1.27. The molecule has 38 heavy (non-hydrogen) atoms. The summed E-state index contributed by atoms with van der Waals surface area (Å²) in [6.45, 7) is 4.51. The summed E-state index contributed by atoms with van der Waals surface area (Å²) in [4.78, 5) is 26.9. The second-order valence-corrected chi connectivity index (χ2v) is 9.59. The van der Waals surface area contributed by atoms with Crippen LogP contribution >= 0.6 is 11.6 Å². The molecule has 1 aromatic carbocycles. The molecule has 2 fully saturated rings. The van der Waals surface area contributed by atoms with Gasteiger partial charge in [0.1, 0.15) is 0 Å². The zero-order valence-electron chi connectivity index (χ0n) is 20.3. The van der Waals surface area contributed by atoms with E-state index in [4.69, 9.17) is 21.1 Å². The van der Waals surface area contributed by atoms with Crippen LogP contribution in [0, 0.1) is 5.92 Å². The minimum atomic E-state index is -4.64. The van der Waals surface area contributed by atoms with Crippen molar-refractivity contribution in [1.29, 1.82) is 0 Å². The molecule has 2 aromatic heterocycles. The Kier molecular flexibility index (Phi) is 7.93. The largest absolute Gasteiger partial charge is 0.477 e. The number of morpholine rings is 1. The molecule has 9 nitrogen and oxygen atoms in total. The first-order chi connectivity index (χ1) is 18.3. The number of carbonyl (C=O) groups is 1. The summed E-state index contributed by atoms with van der Waals surface area (Å²) in [7, 11) is 0. The van der Waals surface area contributed by atoms with E-state index in [1.807, 2.05) is 4.90 Å². The van der Waals surface area contributed by atoms with Crippen molar-refractivity contribution in [3.63, 3.8) is 0 Å². The van der Waals surface area contributed by atoms with Crippen LogP contribution in [0.15, 0.2) is 36.7 Å². The highest BCUT2D eigenvalue weighted by atomic mass is 35.5. The van der Waals surface area contributed by atoms with Gasteiger partial charge < -0.3 is 20.1 Å². The van der Waals surface area contributed by atoms with Crippen molar-refractivity contribution in [2.75, 3.05) is 52.5 Å². The van der Waals surface area contributed by atoms with Gasteiger partial charge in [-0.05, 0) is 18.2 Å². The SMILES string of the molecule is O=C(NCC(c1cnc(C(F)(F)F)nc1)N1CCOCC1)c1c(Cl)ccc2nc(OCC3CNC3)ccc12. The van der Waals surface area contributed by atoms with Crippen LogP contribution in [0.25, 0.3) is 10.9 Å². The summed E-state index contributed by atoms with van der Waals surface area (Å²) in [5.74, 6) is -0.724. The third-order valence-electron chi connectivity index (χ3n) is 6.61. The number of nitrogens with zero attached hydrogens (tertiary/aromatic N) is 4. The molecular formula is C25H26ClF3N6O3. The van der Waals surface area contributed by atoms with Gasteiger partial charge in [-0.2, -0.15) is 13.2 Å². The van der Waals surface area contributed by atoms with Crippen molar-refractivity contribution in [2.45, 2.75) is 12.2 Å². The van der Waals surface area contributed by atoms with E-state index in [9.17, 15) is 18.0 Å². The number of rotatable bonds is 8. The molecule has 5 rings (SSSR count). The van der Waals surface area contributed by atoms with Gasteiger partial charge in [-0.1, -0.05) is 11.6 Å². The normalized spacial score (nSPS) is 17.7. The highest BCUT2D eigenvalue weighted by Crippen LogP contribution is 2.29. The average molecular weight is 551 g/mol. The zero-order chi connectivity index (χ0) is 26.7. The fourth-order valence-electron chi connectivity index (χ4n) is 4.42. The smallest absolute Gasteiger partial charge is 0.451 e. The topological polar surface area (TPSA) is 102 Å². The predicted molar refractivity (Wildman–Crippen MR) is 133 cm³/mol. The van der Waals surface area contributed by atoms with Crippen molar-refractivity contribution >= 4 is 28.4 Å². The second kappa shape index (κ2) is 11.4. The zero-order valence-corrected chi connectivity index (χ0v) is 21.1. The van der Waals surface area contributed by atoms with E-state index >= 15 is 0 Å². The predicted octanol–water partition coefficient (Wildman–Crippen LogP) is 3.10. The second-order valence-electron chi connectivity index (χ2n) is 9.19. The van der Waals surface area contributed by atoms with Gasteiger partial charge in [0.25, 0.3) is 5.91 Å². The summed E-state index contributed by atoms with van der Waals surface area (Å²) >= 11 is 6.43. The molecule has 202 valence electrons. The molecule has 2 saturated heterocycles. The lowest BCUT2D eigenvalue weighted by Gasteiger charge is -2.34. The third-order valence-corrected chi connectivity index (χ3v) is 6.92. The van der Waals surface area contributed by atoms with E-state index in [0.717, 1.165) is 25.5 Å². The van der Waals surface area contributed by atoms with Gasteiger partial charge in [0.2, 0.25) is 11.7 Å². The molecule has 1 amide bonds. The summed E-state index contributed by atoms with van der Waals surface area (Å²) in [5, 5.41) is 6.90. The van der Waals surface area contributed by atoms with Gasteiger partial charge in [0.05, 0.1) is 42.0 Å². The molecule has 1 atom stereocenters. The Morgan fingerprint density at radius 3 is 2.58 bits per heavy atom. The van der Waals surface area contributed by atoms with Crippen molar-refractivity contribution in [2.24, 2.45) is 5.92 Å². The molecule has 0 spiro atoms. The van der Waals surface area contributed by atoms with Crippen molar-refractivity contribution < 1.29 is 27.4 Å². The highest BCUT2D eigenvalue weighted by Gasteiger charge is 2.35. The van der Waals surface area contributed by atoms with Gasteiger partial charge in [-0.25, -0.2) is 15.0 Å². The maximum absolute atomic E-state index is 13.3. The number of hydrogen-bond donors (Lipinski definition) is 2. The number of benzene rings is 1. The summed E-state index contributed by atoms with van der Waals surface area (Å²) in [6, 6.07) is 6.33. The van der Waals surface area contributed by atoms with E-state index < -0.39 is 23.9 Å². The molecule has 0 saturated carbocycles. The highest BCUT2D eigenvalue weighted by molar-refractivity contribution is 6.35. The maximum atomic E-state index is 13.3. The number of halogens is 4. The Balaban J connectivity index is 1.34. The van der Waals surface area contributed by atoms with Gasteiger partial charge in [-0.15, -0.1) is 0 Å². The third kappa shape index (κ3) is 5.98. The molecular weight excluding hydrogens is 525 g/mol. The van der Waals surface area contributed by atoms with Crippen molar-refractivity contribution in [1.82, 2.24) is 30.5 Å². The Hall–Kier alpha value is -3.06. The minimum Gasteiger partial charge on any atom is -0.477 e. The summed E-state index contributed by atoms with van der Waals surface area (Å²) < 4.78 is 50.1. The standard InChI is InChI=1S/C25H26ClF3N6O3/c26-18-2-3-19-17(1-4-21(34-19)38-14-15-9-30-10-15)22(18)23(36)31-13-20(35-5-7-37-8-6-35)16-11-32-24(33-12-16)25(27,28)29/h1-4,11-12,15,20,30H,5-10,13-14H2,(H,31,36). The fourth-order valence-corrected chi connectivity index (χ4v) is 4.67. The molecule has 0 bridgehead atoms. The molecule has 2 aliphatic rings. The van der Waals surface area contributed by atoms with Crippen LogP contribution in [0.1, 0.15) is 27.8 Å². The Bertz CT molecular complexity index is 1280. The molecule has 4 heterocycles. The number of alkyl halides is 3. The number of ether oxygens (including phenoxy) is 2. The molecule has 3 aromatic rings. The maximum Gasteiger partial charge on any atom is 0.451 e. The van der Waals surface area contributed by atoms with Crippen molar-refractivity contribution in [3.8, 4) is 5.88 Å². The Morgan fingerprint density at radius 1 is 1.18 bits per heavy atom. The van der Waals surface area contributed by atoms with Crippen LogP contribution < -0.4 is 15.4 Å². The van der Waals surface area contributed by atoms with Crippen LogP contribution in [0.5, 0.6) is 5.88 Å². The van der Waals surface area contributed by atoms with Crippen LogP contribution in [0.2, 0.25) is 5.02 Å². The Labute approximate surface area is 221 Å². The van der Waals surface area contributed by atoms with Gasteiger partial charge in [-0.3, -0.25) is 9.69 Å². The molecule has 0 radical (unpaired) electrons. The van der Waals surface area contributed by atoms with E-state index in [2.05, 4.69) is 25.6 Å². The minimum absolute atomic E-state index is 0.102. The average Bonchev–Trinajstić information content (AvgIpc) is 2.88. The van der Waals surface area contributed by atoms with Crippen molar-refractivity contribution in [3.05, 3.63) is 58.6 Å². The fraction of sp³-hybridized carbons (Fsp3) is 0.440. The van der Waals surface area contributed by atoms with E-state index in [0.29, 0.717) is 61.2 Å². The number of pyridine rings is 1. The quantitative estimate of drug-likeness (QED) is 0.441. The number of fused-ring (bicyclic) bond motifs is 1. The van der Waals surface area contributed by atoms with Crippen LogP contribution in [0.4, 0.5) is 13.2 Å².